The quantitative estimate of drug-likeness (QED) is 0.622. The molecule has 0 fully saturated rings. The lowest BCUT2D eigenvalue weighted by Gasteiger charge is -2.18. The summed E-state index contributed by atoms with van der Waals surface area (Å²) in [5, 5.41) is 11.8. The summed E-state index contributed by atoms with van der Waals surface area (Å²) in [5.74, 6) is -2.02. The molecule has 3 amide bonds. The van der Waals surface area contributed by atoms with Crippen LogP contribution in [0.2, 0.25) is 0 Å². The lowest BCUT2D eigenvalue weighted by Crippen LogP contribution is -2.47. The van der Waals surface area contributed by atoms with E-state index in [0.29, 0.717) is 13.0 Å². The van der Waals surface area contributed by atoms with Crippen molar-refractivity contribution in [2.24, 2.45) is 0 Å². The van der Waals surface area contributed by atoms with E-state index in [9.17, 15) is 27.6 Å². The van der Waals surface area contributed by atoms with E-state index in [1.165, 1.54) is 10.2 Å². The summed E-state index contributed by atoms with van der Waals surface area (Å²) in [7, 11) is 0. The molecular weight excluding hydrogens is 283 g/mol. The average Bonchev–Trinajstić information content (AvgIpc) is 2.24. The molecule has 0 heterocycles. The number of nitrogens with zero attached hydrogens (tertiary/aromatic N) is 1. The van der Waals surface area contributed by atoms with Gasteiger partial charge >= 0.3 is 18.2 Å². The molecule has 0 aromatic carbocycles. The minimum absolute atomic E-state index is 0.309. The molecule has 0 aromatic heterocycles. The first kappa shape index (κ1) is 18.2. The van der Waals surface area contributed by atoms with E-state index in [1.807, 2.05) is 0 Å². The third kappa shape index (κ3) is 10.1. The van der Waals surface area contributed by atoms with Crippen LogP contribution in [-0.2, 0) is 9.59 Å². The van der Waals surface area contributed by atoms with Crippen LogP contribution in [0.25, 0.3) is 0 Å². The lowest BCUT2D eigenvalue weighted by atomic mass is 10.4. The van der Waals surface area contributed by atoms with Crippen LogP contribution in [0.15, 0.2) is 0 Å². The Kier molecular flexibility index (Phi) is 7.59. The van der Waals surface area contributed by atoms with Crippen LogP contribution in [0, 0.1) is 0 Å². The lowest BCUT2D eigenvalue weighted by molar-refractivity contribution is -0.138. The second kappa shape index (κ2) is 8.35. The summed E-state index contributed by atoms with van der Waals surface area (Å²) in [4.78, 5) is 34.1. The largest absolute Gasteiger partial charge is 0.480 e. The SMILES string of the molecule is CCCN(CC(=O)O)CC(=O)NC(=O)NCC(F)(F)F. The molecule has 0 bridgehead atoms. The van der Waals surface area contributed by atoms with Crippen LogP contribution in [0.1, 0.15) is 13.3 Å². The van der Waals surface area contributed by atoms with Crippen molar-refractivity contribution < 1.29 is 32.7 Å². The van der Waals surface area contributed by atoms with Gasteiger partial charge in [0.05, 0.1) is 13.1 Å². The fraction of sp³-hybridized carbons (Fsp3) is 0.700. The predicted octanol–water partition coefficient (Wildman–Crippen LogP) is 0.171. The number of alkyl halides is 3. The molecule has 10 heteroatoms. The van der Waals surface area contributed by atoms with Crippen molar-refractivity contribution in [2.75, 3.05) is 26.2 Å². The molecule has 0 aliphatic rings. The summed E-state index contributed by atoms with van der Waals surface area (Å²) in [6, 6.07) is -1.28. The Balaban J connectivity index is 4.17. The third-order valence-corrected chi connectivity index (χ3v) is 1.97. The number of hydrogen-bond acceptors (Lipinski definition) is 4. The van der Waals surface area contributed by atoms with E-state index in [0.717, 1.165) is 0 Å². The number of carbonyl (C=O) groups is 3. The second-order valence-electron chi connectivity index (χ2n) is 3.95. The Morgan fingerprint density at radius 2 is 1.80 bits per heavy atom. The highest BCUT2D eigenvalue weighted by atomic mass is 19.4. The Morgan fingerprint density at radius 1 is 1.20 bits per heavy atom. The van der Waals surface area contributed by atoms with Gasteiger partial charge in [0, 0.05) is 0 Å². The number of hydrogen-bond donors (Lipinski definition) is 3. The van der Waals surface area contributed by atoms with Gasteiger partial charge in [-0.05, 0) is 13.0 Å². The maximum atomic E-state index is 11.8. The van der Waals surface area contributed by atoms with Crippen molar-refractivity contribution in [1.82, 2.24) is 15.5 Å². The van der Waals surface area contributed by atoms with Crippen LogP contribution in [0.3, 0.4) is 0 Å². The zero-order valence-electron chi connectivity index (χ0n) is 10.8. The number of carboxylic acids is 1. The van der Waals surface area contributed by atoms with E-state index in [-0.39, 0.29) is 6.54 Å². The smallest absolute Gasteiger partial charge is 0.405 e. The number of halogens is 3. The third-order valence-electron chi connectivity index (χ3n) is 1.97. The fourth-order valence-electron chi connectivity index (χ4n) is 1.32. The number of carboxylic acid groups (broad SMARTS) is 1. The first-order valence-electron chi connectivity index (χ1n) is 5.72. The zero-order valence-corrected chi connectivity index (χ0v) is 10.8. The molecule has 3 N–H and O–H groups in total. The minimum Gasteiger partial charge on any atom is -0.480 e. The molecule has 0 aromatic rings. The summed E-state index contributed by atoms with van der Waals surface area (Å²) in [6.45, 7) is -0.266. The normalized spacial score (nSPS) is 11.2. The molecule has 0 saturated heterocycles. The Bertz CT molecular complexity index is 360. The van der Waals surface area contributed by atoms with Crippen LogP contribution in [0.4, 0.5) is 18.0 Å². The monoisotopic (exact) mass is 299 g/mol. The molecule has 116 valence electrons. The van der Waals surface area contributed by atoms with E-state index in [1.54, 1.807) is 12.2 Å². The second-order valence-corrected chi connectivity index (χ2v) is 3.95. The molecule has 0 radical (unpaired) electrons. The maximum absolute atomic E-state index is 11.8. The number of nitrogens with one attached hydrogen (secondary N) is 2. The minimum atomic E-state index is -4.57. The number of carbonyl (C=O) groups excluding carboxylic acids is 2. The number of urea groups is 1. The standard InChI is InChI=1S/C10H16F3N3O4/c1-2-3-16(5-8(18)19)4-7(17)15-9(20)14-6-10(11,12)13/h2-6H2,1H3,(H,18,19)(H2,14,15,17,20). The summed E-state index contributed by atoms with van der Waals surface area (Å²) >= 11 is 0. The molecule has 0 aliphatic heterocycles. The summed E-state index contributed by atoms with van der Waals surface area (Å²) in [6.07, 6.45) is -3.99. The van der Waals surface area contributed by atoms with Crippen molar-refractivity contribution in [3.05, 3.63) is 0 Å². The van der Waals surface area contributed by atoms with Gasteiger partial charge in [-0.1, -0.05) is 6.92 Å². The fourth-order valence-corrected chi connectivity index (χ4v) is 1.32. The highest BCUT2D eigenvalue weighted by Gasteiger charge is 2.28. The Hall–Kier alpha value is -1.84. The summed E-state index contributed by atoms with van der Waals surface area (Å²) < 4.78 is 35.4. The molecule has 0 unspecified atom stereocenters. The van der Waals surface area contributed by atoms with Gasteiger partial charge in [-0.15, -0.1) is 0 Å². The van der Waals surface area contributed by atoms with Crippen LogP contribution in [-0.4, -0.2) is 60.3 Å². The number of rotatable bonds is 7. The van der Waals surface area contributed by atoms with E-state index in [2.05, 4.69) is 0 Å². The highest BCUT2D eigenvalue weighted by Crippen LogP contribution is 2.11. The van der Waals surface area contributed by atoms with Gasteiger partial charge < -0.3 is 10.4 Å². The molecular formula is C10H16F3N3O4. The van der Waals surface area contributed by atoms with Crippen LogP contribution >= 0.6 is 0 Å². The average molecular weight is 299 g/mol. The summed E-state index contributed by atoms with van der Waals surface area (Å²) in [5.41, 5.74) is 0. The van der Waals surface area contributed by atoms with Crippen molar-refractivity contribution >= 4 is 17.9 Å². The number of aliphatic carboxylic acids is 1. The van der Waals surface area contributed by atoms with Crippen molar-refractivity contribution in [2.45, 2.75) is 19.5 Å². The number of amides is 3. The van der Waals surface area contributed by atoms with Gasteiger partial charge in [0.25, 0.3) is 0 Å². The van der Waals surface area contributed by atoms with Crippen molar-refractivity contribution in [1.29, 1.82) is 0 Å². The Labute approximate surface area is 113 Å². The molecule has 0 saturated carbocycles. The van der Waals surface area contributed by atoms with Gasteiger partial charge in [-0.3, -0.25) is 19.8 Å². The molecule has 0 spiro atoms. The first-order valence-corrected chi connectivity index (χ1v) is 5.72. The molecule has 0 rings (SSSR count). The van der Waals surface area contributed by atoms with E-state index >= 15 is 0 Å². The maximum Gasteiger partial charge on any atom is 0.405 e. The number of imide groups is 1. The van der Waals surface area contributed by atoms with Gasteiger partial charge in [0.1, 0.15) is 6.54 Å². The highest BCUT2D eigenvalue weighted by molar-refractivity contribution is 5.95. The van der Waals surface area contributed by atoms with Crippen LogP contribution < -0.4 is 10.6 Å². The zero-order chi connectivity index (χ0) is 15.8. The van der Waals surface area contributed by atoms with Gasteiger partial charge in [-0.2, -0.15) is 13.2 Å². The molecule has 0 aliphatic carbocycles. The van der Waals surface area contributed by atoms with Gasteiger partial charge in [0.15, 0.2) is 0 Å². The van der Waals surface area contributed by atoms with E-state index < -0.39 is 37.2 Å². The first-order chi connectivity index (χ1) is 9.14. The Morgan fingerprint density at radius 3 is 2.25 bits per heavy atom. The van der Waals surface area contributed by atoms with Crippen LogP contribution in [0.5, 0.6) is 0 Å². The van der Waals surface area contributed by atoms with Gasteiger partial charge in [0.2, 0.25) is 5.91 Å². The predicted molar refractivity (Wildman–Crippen MR) is 62.0 cm³/mol. The van der Waals surface area contributed by atoms with E-state index in [4.69, 9.17) is 5.11 Å². The molecule has 20 heavy (non-hydrogen) atoms. The molecule has 7 nitrogen and oxygen atoms in total. The topological polar surface area (TPSA) is 98.7 Å². The molecule has 0 atom stereocenters. The van der Waals surface area contributed by atoms with Crippen molar-refractivity contribution in [3.8, 4) is 0 Å². The van der Waals surface area contributed by atoms with Crippen molar-refractivity contribution in [3.63, 3.8) is 0 Å². The van der Waals surface area contributed by atoms with Gasteiger partial charge in [-0.25, -0.2) is 4.79 Å².